The number of guanidine groups is 1. The van der Waals surface area contributed by atoms with Crippen LogP contribution in [0.5, 0.6) is 0 Å². The second kappa shape index (κ2) is 8.89. The fourth-order valence-corrected chi connectivity index (χ4v) is 4.26. The smallest absolute Gasteiger partial charge is 0.410 e. The molecule has 2 bridgehead atoms. The summed E-state index contributed by atoms with van der Waals surface area (Å²) < 4.78 is 5.59. The number of non-ortho nitro benzene ring substituents is 1. The van der Waals surface area contributed by atoms with Crippen molar-refractivity contribution in [1.29, 1.82) is 0 Å². The number of nitro groups is 1. The summed E-state index contributed by atoms with van der Waals surface area (Å²) in [4.78, 5) is 29.3. The molecule has 2 N–H and O–H groups in total. The van der Waals surface area contributed by atoms with E-state index >= 15 is 0 Å². The molecule has 0 saturated carbocycles. The Balaban J connectivity index is 1.55. The fraction of sp³-hybridized carbons (Fsp3) is 0.619. The number of nitrogens with zero attached hydrogens (tertiary/aromatic N) is 3. The molecule has 0 aromatic heterocycles. The van der Waals surface area contributed by atoms with E-state index in [1.807, 2.05) is 31.7 Å². The summed E-state index contributed by atoms with van der Waals surface area (Å²) in [6.45, 7) is 6.10. The number of rotatable bonds is 4. The van der Waals surface area contributed by atoms with Crippen LogP contribution in [-0.2, 0) is 11.3 Å². The molecule has 9 heteroatoms. The van der Waals surface area contributed by atoms with Gasteiger partial charge in [-0.25, -0.2) is 4.79 Å². The zero-order valence-electron chi connectivity index (χ0n) is 18.1. The predicted molar refractivity (Wildman–Crippen MR) is 114 cm³/mol. The Hall–Kier alpha value is -2.84. The van der Waals surface area contributed by atoms with Crippen molar-refractivity contribution >= 4 is 17.7 Å². The average Bonchev–Trinajstić information content (AvgIpc) is 2.95. The first-order chi connectivity index (χ1) is 14.2. The van der Waals surface area contributed by atoms with Crippen molar-refractivity contribution in [2.24, 2.45) is 4.99 Å². The van der Waals surface area contributed by atoms with Gasteiger partial charge in [-0.2, -0.15) is 0 Å². The van der Waals surface area contributed by atoms with E-state index in [1.54, 1.807) is 19.2 Å². The molecule has 164 valence electrons. The van der Waals surface area contributed by atoms with Crippen molar-refractivity contribution in [3.8, 4) is 0 Å². The molecule has 2 atom stereocenters. The normalized spacial score (nSPS) is 23.8. The van der Waals surface area contributed by atoms with Crippen molar-refractivity contribution in [3.63, 3.8) is 0 Å². The number of fused-ring (bicyclic) bond motifs is 2. The third kappa shape index (κ3) is 5.40. The average molecular weight is 418 g/mol. The molecule has 3 rings (SSSR count). The van der Waals surface area contributed by atoms with Gasteiger partial charge in [0.1, 0.15) is 5.60 Å². The highest BCUT2D eigenvalue weighted by molar-refractivity contribution is 5.80. The Bertz CT molecular complexity index is 806. The monoisotopic (exact) mass is 417 g/mol. The van der Waals surface area contributed by atoms with Gasteiger partial charge in [0, 0.05) is 43.9 Å². The summed E-state index contributed by atoms with van der Waals surface area (Å²) in [6, 6.07) is 7.10. The highest BCUT2D eigenvalue weighted by atomic mass is 16.6. The van der Waals surface area contributed by atoms with Crippen LogP contribution >= 0.6 is 0 Å². The van der Waals surface area contributed by atoms with Crippen molar-refractivity contribution in [2.45, 2.75) is 76.7 Å². The fourth-order valence-electron chi connectivity index (χ4n) is 4.26. The molecule has 30 heavy (non-hydrogen) atoms. The second-order valence-electron chi connectivity index (χ2n) is 8.94. The molecule has 1 aromatic rings. The van der Waals surface area contributed by atoms with E-state index in [4.69, 9.17) is 4.74 Å². The molecule has 0 spiro atoms. The number of hydrogen-bond donors (Lipinski definition) is 2. The molecule has 2 unspecified atom stereocenters. The Morgan fingerprint density at radius 3 is 2.53 bits per heavy atom. The largest absolute Gasteiger partial charge is 0.444 e. The van der Waals surface area contributed by atoms with Crippen LogP contribution in [0.4, 0.5) is 10.5 Å². The van der Waals surface area contributed by atoms with E-state index in [1.165, 1.54) is 6.07 Å². The van der Waals surface area contributed by atoms with E-state index in [2.05, 4.69) is 15.6 Å². The molecule has 1 amide bonds. The molecular weight excluding hydrogens is 386 g/mol. The van der Waals surface area contributed by atoms with Crippen LogP contribution < -0.4 is 10.6 Å². The SMILES string of the molecule is CN=C(NCc1cccc([N+](=O)[O-])c1)NC1CC2CCC(C1)N2C(=O)OC(C)(C)C. The highest BCUT2D eigenvalue weighted by Gasteiger charge is 2.45. The van der Waals surface area contributed by atoms with Gasteiger partial charge < -0.3 is 20.3 Å². The number of piperidine rings is 1. The summed E-state index contributed by atoms with van der Waals surface area (Å²) in [5, 5.41) is 17.6. The zero-order valence-corrected chi connectivity index (χ0v) is 18.1. The van der Waals surface area contributed by atoms with Gasteiger partial charge in [-0.15, -0.1) is 0 Å². The van der Waals surface area contributed by atoms with Crippen LogP contribution in [-0.4, -0.2) is 52.7 Å². The summed E-state index contributed by atoms with van der Waals surface area (Å²) in [5.41, 5.74) is 0.389. The maximum atomic E-state index is 12.6. The van der Waals surface area contributed by atoms with Gasteiger partial charge in [0.25, 0.3) is 5.69 Å². The third-order valence-corrected chi connectivity index (χ3v) is 5.48. The molecule has 1 aromatic carbocycles. The van der Waals surface area contributed by atoms with E-state index in [-0.39, 0.29) is 29.9 Å². The van der Waals surface area contributed by atoms with E-state index in [9.17, 15) is 14.9 Å². The number of ether oxygens (including phenoxy) is 1. The Labute approximate surface area is 177 Å². The number of nitrogens with one attached hydrogen (secondary N) is 2. The van der Waals surface area contributed by atoms with E-state index in [0.717, 1.165) is 31.2 Å². The minimum Gasteiger partial charge on any atom is -0.444 e. The first kappa shape index (κ1) is 21.9. The topological polar surface area (TPSA) is 109 Å². The number of nitro benzene ring substituents is 1. The van der Waals surface area contributed by atoms with Gasteiger partial charge in [0.2, 0.25) is 0 Å². The van der Waals surface area contributed by atoms with Crippen LogP contribution in [0.15, 0.2) is 29.3 Å². The van der Waals surface area contributed by atoms with Crippen molar-refractivity contribution < 1.29 is 14.5 Å². The highest BCUT2D eigenvalue weighted by Crippen LogP contribution is 2.36. The van der Waals surface area contributed by atoms with Crippen molar-refractivity contribution in [1.82, 2.24) is 15.5 Å². The van der Waals surface area contributed by atoms with Gasteiger partial charge in [0.05, 0.1) is 4.92 Å². The molecule has 9 nitrogen and oxygen atoms in total. The van der Waals surface area contributed by atoms with Gasteiger partial charge in [-0.1, -0.05) is 12.1 Å². The summed E-state index contributed by atoms with van der Waals surface area (Å²) in [7, 11) is 1.70. The molecule has 0 aliphatic carbocycles. The van der Waals surface area contributed by atoms with Crippen LogP contribution in [0.3, 0.4) is 0 Å². The maximum absolute atomic E-state index is 12.6. The Morgan fingerprint density at radius 2 is 1.97 bits per heavy atom. The summed E-state index contributed by atoms with van der Waals surface area (Å²) in [6.07, 6.45) is 3.44. The lowest BCUT2D eigenvalue weighted by molar-refractivity contribution is -0.384. The second-order valence-corrected chi connectivity index (χ2v) is 8.94. The lowest BCUT2D eigenvalue weighted by Gasteiger charge is -2.40. The van der Waals surface area contributed by atoms with Gasteiger partial charge in [0.15, 0.2) is 5.96 Å². The molecule has 0 radical (unpaired) electrons. The third-order valence-electron chi connectivity index (χ3n) is 5.48. The molecular formula is C21H31N5O4. The van der Waals surface area contributed by atoms with Crippen LogP contribution in [0.2, 0.25) is 0 Å². The number of hydrogen-bond acceptors (Lipinski definition) is 5. The van der Waals surface area contributed by atoms with Crippen LogP contribution in [0.25, 0.3) is 0 Å². The molecule has 2 aliphatic heterocycles. The number of amides is 1. The van der Waals surface area contributed by atoms with Crippen molar-refractivity contribution in [3.05, 3.63) is 39.9 Å². The lowest BCUT2D eigenvalue weighted by atomic mass is 9.98. The Kier molecular flexibility index (Phi) is 6.48. The predicted octanol–water partition coefficient (Wildman–Crippen LogP) is 3.19. The standard InChI is InChI=1S/C21H31N5O4/c1-21(2,3)30-20(27)25-16-8-9-17(25)12-15(11-16)24-19(22-4)23-13-14-6-5-7-18(10-14)26(28)29/h5-7,10,15-17H,8-9,11-13H2,1-4H3,(H2,22,23,24). The minimum absolute atomic E-state index is 0.0725. The summed E-state index contributed by atoms with van der Waals surface area (Å²) >= 11 is 0. The van der Waals surface area contributed by atoms with E-state index in [0.29, 0.717) is 12.5 Å². The first-order valence-corrected chi connectivity index (χ1v) is 10.4. The van der Waals surface area contributed by atoms with Gasteiger partial charge >= 0.3 is 6.09 Å². The number of carbonyl (C=O) groups excluding carboxylic acids is 1. The van der Waals surface area contributed by atoms with Crippen molar-refractivity contribution in [2.75, 3.05) is 7.05 Å². The number of carbonyl (C=O) groups is 1. The first-order valence-electron chi connectivity index (χ1n) is 10.4. The maximum Gasteiger partial charge on any atom is 0.410 e. The zero-order chi connectivity index (χ0) is 21.9. The molecule has 2 fully saturated rings. The molecule has 2 saturated heterocycles. The number of aliphatic imine (C=N–C) groups is 1. The molecule has 2 aliphatic rings. The molecule has 2 heterocycles. The lowest BCUT2D eigenvalue weighted by Crippen LogP contribution is -2.54. The van der Waals surface area contributed by atoms with Gasteiger partial charge in [-0.3, -0.25) is 15.1 Å². The van der Waals surface area contributed by atoms with Gasteiger partial charge in [-0.05, 0) is 52.0 Å². The summed E-state index contributed by atoms with van der Waals surface area (Å²) in [5.74, 6) is 0.650. The van der Waals surface area contributed by atoms with E-state index < -0.39 is 10.5 Å². The quantitative estimate of drug-likeness (QED) is 0.337. The van der Waals surface area contributed by atoms with Crippen LogP contribution in [0.1, 0.15) is 52.0 Å². The number of benzene rings is 1. The van der Waals surface area contributed by atoms with Crippen LogP contribution in [0, 0.1) is 10.1 Å². The minimum atomic E-state index is -0.496. The Morgan fingerprint density at radius 1 is 1.30 bits per heavy atom.